The van der Waals surface area contributed by atoms with Gasteiger partial charge in [-0.2, -0.15) is 4.31 Å². The van der Waals surface area contributed by atoms with Gasteiger partial charge in [-0.3, -0.25) is 4.79 Å². The molecule has 11 heteroatoms. The second-order valence-corrected chi connectivity index (χ2v) is 10.7. The number of benzene rings is 3. The summed E-state index contributed by atoms with van der Waals surface area (Å²) < 4.78 is 51.1. The number of carbonyl (C=O) groups is 1. The van der Waals surface area contributed by atoms with Crippen molar-refractivity contribution in [2.24, 2.45) is 5.14 Å². The van der Waals surface area contributed by atoms with Crippen molar-refractivity contribution < 1.29 is 26.7 Å². The Morgan fingerprint density at radius 3 is 2.06 bits per heavy atom. The second kappa shape index (κ2) is 10.1. The summed E-state index contributed by atoms with van der Waals surface area (Å²) in [5.41, 5.74) is 1.76. The number of hydrogen-bond donors (Lipinski definition) is 3. The number of nitrogens with one attached hydrogen (secondary N) is 1. The van der Waals surface area contributed by atoms with Crippen LogP contribution < -0.4 is 10.5 Å². The van der Waals surface area contributed by atoms with Gasteiger partial charge in [-0.15, -0.1) is 0 Å². The highest BCUT2D eigenvalue weighted by Gasteiger charge is 2.25. The van der Waals surface area contributed by atoms with Gasteiger partial charge in [0.25, 0.3) is 0 Å². The van der Waals surface area contributed by atoms with Crippen molar-refractivity contribution in [2.45, 2.75) is 22.9 Å². The Hall–Kier alpha value is -3.25. The van der Waals surface area contributed by atoms with E-state index in [0.29, 0.717) is 16.8 Å². The van der Waals surface area contributed by atoms with Crippen molar-refractivity contribution in [3.05, 3.63) is 90.0 Å². The Labute approximate surface area is 192 Å². The Morgan fingerprint density at radius 2 is 1.45 bits per heavy atom. The number of aliphatic carboxylic acids is 1. The zero-order valence-corrected chi connectivity index (χ0v) is 19.1. The van der Waals surface area contributed by atoms with Crippen molar-refractivity contribution in [2.75, 3.05) is 11.9 Å². The van der Waals surface area contributed by atoms with Crippen LogP contribution in [0.25, 0.3) is 0 Å². The maximum atomic E-state index is 13.4. The maximum absolute atomic E-state index is 13.4. The molecule has 0 aliphatic carbocycles. The highest BCUT2D eigenvalue weighted by Crippen LogP contribution is 2.23. The van der Waals surface area contributed by atoms with Gasteiger partial charge in [0.2, 0.25) is 20.0 Å². The SMILES string of the molecule is NS(=O)(=O)c1ccc(CN(Cc2cccc(NCC(=O)O)c2)S(=O)(=O)c2ccccc2)cc1. The van der Waals surface area contributed by atoms with Gasteiger partial charge in [-0.05, 0) is 47.5 Å². The molecule has 0 heterocycles. The lowest BCUT2D eigenvalue weighted by Crippen LogP contribution is -2.30. The van der Waals surface area contributed by atoms with Gasteiger partial charge in [-0.25, -0.2) is 22.0 Å². The molecule has 9 nitrogen and oxygen atoms in total. The van der Waals surface area contributed by atoms with Gasteiger partial charge in [0.1, 0.15) is 6.54 Å². The van der Waals surface area contributed by atoms with Gasteiger partial charge < -0.3 is 10.4 Å². The summed E-state index contributed by atoms with van der Waals surface area (Å²) in [6.45, 7) is -0.280. The molecule has 0 saturated carbocycles. The van der Waals surface area contributed by atoms with Crippen molar-refractivity contribution in [1.82, 2.24) is 4.31 Å². The molecule has 3 aromatic rings. The molecule has 0 aliphatic rings. The molecule has 0 fully saturated rings. The molecule has 0 aliphatic heterocycles. The van der Waals surface area contributed by atoms with Crippen LogP contribution in [0.2, 0.25) is 0 Å². The van der Waals surface area contributed by atoms with Crippen LogP contribution in [0.4, 0.5) is 5.69 Å². The number of carboxylic acids is 1. The molecule has 0 aromatic heterocycles. The summed E-state index contributed by atoms with van der Waals surface area (Å²) in [6.07, 6.45) is 0. The molecule has 0 atom stereocenters. The lowest BCUT2D eigenvalue weighted by Gasteiger charge is -2.23. The number of anilines is 1. The van der Waals surface area contributed by atoms with Crippen LogP contribution in [-0.4, -0.2) is 38.8 Å². The Kier molecular flexibility index (Phi) is 7.49. The fraction of sp³-hybridized carbons (Fsp3) is 0.136. The summed E-state index contributed by atoms with van der Waals surface area (Å²) in [6, 6.07) is 20.5. The van der Waals surface area contributed by atoms with Crippen LogP contribution in [0, 0.1) is 0 Å². The van der Waals surface area contributed by atoms with E-state index < -0.39 is 26.0 Å². The number of sulfonamides is 2. The van der Waals surface area contributed by atoms with Gasteiger partial charge in [0.05, 0.1) is 9.79 Å². The zero-order valence-electron chi connectivity index (χ0n) is 17.5. The van der Waals surface area contributed by atoms with E-state index in [9.17, 15) is 21.6 Å². The van der Waals surface area contributed by atoms with E-state index >= 15 is 0 Å². The van der Waals surface area contributed by atoms with Crippen LogP contribution in [0.3, 0.4) is 0 Å². The third-order valence-electron chi connectivity index (χ3n) is 4.72. The van der Waals surface area contributed by atoms with Crippen LogP contribution in [0.5, 0.6) is 0 Å². The molecule has 0 unspecified atom stereocenters. The zero-order chi connectivity index (χ0) is 24.1. The van der Waals surface area contributed by atoms with Crippen molar-refractivity contribution in [3.8, 4) is 0 Å². The molecule has 0 bridgehead atoms. The normalized spacial score (nSPS) is 11.9. The summed E-state index contributed by atoms with van der Waals surface area (Å²) >= 11 is 0. The predicted molar refractivity (Wildman–Crippen MR) is 123 cm³/mol. The predicted octanol–water partition coefficient (Wildman–Crippen LogP) is 2.22. The minimum absolute atomic E-state index is 0.0107. The number of carboxylic acid groups (broad SMARTS) is 1. The molecule has 4 N–H and O–H groups in total. The fourth-order valence-electron chi connectivity index (χ4n) is 3.12. The Balaban J connectivity index is 1.93. The third-order valence-corrected chi connectivity index (χ3v) is 7.46. The smallest absolute Gasteiger partial charge is 0.322 e. The first-order valence-electron chi connectivity index (χ1n) is 9.77. The maximum Gasteiger partial charge on any atom is 0.322 e. The Bertz CT molecular complexity index is 1330. The molecule has 0 spiro atoms. The van der Waals surface area contributed by atoms with E-state index in [2.05, 4.69) is 5.32 Å². The van der Waals surface area contributed by atoms with E-state index in [1.807, 2.05) is 0 Å². The molecule has 0 radical (unpaired) electrons. The van der Waals surface area contributed by atoms with E-state index in [-0.39, 0.29) is 29.4 Å². The number of nitrogens with zero attached hydrogens (tertiary/aromatic N) is 1. The van der Waals surface area contributed by atoms with E-state index in [4.69, 9.17) is 10.2 Å². The summed E-state index contributed by atoms with van der Waals surface area (Å²) in [5, 5.41) is 16.8. The van der Waals surface area contributed by atoms with E-state index in [0.717, 1.165) is 0 Å². The first-order valence-corrected chi connectivity index (χ1v) is 12.8. The minimum Gasteiger partial charge on any atom is -0.480 e. The lowest BCUT2D eigenvalue weighted by atomic mass is 10.2. The minimum atomic E-state index is -3.90. The monoisotopic (exact) mass is 489 g/mol. The highest BCUT2D eigenvalue weighted by atomic mass is 32.2. The van der Waals surface area contributed by atoms with Crippen LogP contribution in [-0.2, 0) is 37.9 Å². The molecule has 33 heavy (non-hydrogen) atoms. The molecule has 3 rings (SSSR count). The number of rotatable bonds is 10. The molecule has 0 amide bonds. The second-order valence-electron chi connectivity index (χ2n) is 7.22. The molecular formula is C22H23N3O6S2. The van der Waals surface area contributed by atoms with Crippen LogP contribution >= 0.6 is 0 Å². The highest BCUT2D eigenvalue weighted by molar-refractivity contribution is 7.89. The lowest BCUT2D eigenvalue weighted by molar-refractivity contribution is -0.134. The molecular weight excluding hydrogens is 466 g/mol. The first kappa shape index (κ1) is 24.4. The van der Waals surface area contributed by atoms with Gasteiger partial charge in [-0.1, -0.05) is 42.5 Å². The van der Waals surface area contributed by atoms with Crippen molar-refractivity contribution in [1.29, 1.82) is 0 Å². The summed E-state index contributed by atoms with van der Waals surface area (Å²) in [4.78, 5) is 10.9. The molecule has 3 aromatic carbocycles. The number of nitrogens with two attached hydrogens (primary N) is 1. The Morgan fingerprint density at radius 1 is 0.818 bits per heavy atom. The van der Waals surface area contributed by atoms with E-state index in [1.54, 1.807) is 42.5 Å². The van der Waals surface area contributed by atoms with Gasteiger partial charge >= 0.3 is 5.97 Å². The largest absolute Gasteiger partial charge is 0.480 e. The quantitative estimate of drug-likeness (QED) is 0.396. The van der Waals surface area contributed by atoms with Gasteiger partial charge in [0, 0.05) is 18.8 Å². The van der Waals surface area contributed by atoms with Gasteiger partial charge in [0.15, 0.2) is 0 Å². The average Bonchev–Trinajstić information content (AvgIpc) is 2.78. The molecule has 174 valence electrons. The van der Waals surface area contributed by atoms with Crippen molar-refractivity contribution >= 4 is 31.7 Å². The van der Waals surface area contributed by atoms with Crippen molar-refractivity contribution in [3.63, 3.8) is 0 Å². The average molecular weight is 490 g/mol. The van der Waals surface area contributed by atoms with E-state index in [1.165, 1.54) is 40.7 Å². The number of primary sulfonamides is 1. The van der Waals surface area contributed by atoms with Crippen LogP contribution in [0.15, 0.2) is 88.7 Å². The molecule has 0 saturated heterocycles. The van der Waals surface area contributed by atoms with Crippen LogP contribution in [0.1, 0.15) is 11.1 Å². The first-order chi connectivity index (χ1) is 15.6. The summed E-state index contributed by atoms with van der Waals surface area (Å²) in [7, 11) is -7.76. The number of hydrogen-bond acceptors (Lipinski definition) is 6. The fourth-order valence-corrected chi connectivity index (χ4v) is 5.07. The standard InChI is InChI=1S/C22H23N3O6S2/c23-32(28,29)20-11-9-17(10-12-20)15-25(33(30,31)21-7-2-1-3-8-21)16-18-5-4-6-19(13-18)24-14-22(26)27/h1-13,24H,14-16H2,(H,26,27)(H2,23,28,29). The topological polar surface area (TPSA) is 147 Å². The third kappa shape index (κ3) is 6.62. The summed E-state index contributed by atoms with van der Waals surface area (Å²) in [5.74, 6) is -1.02.